The third-order valence-corrected chi connectivity index (χ3v) is 2.99. The molecule has 3 N–H and O–H groups in total. The summed E-state index contributed by atoms with van der Waals surface area (Å²) in [5.41, 5.74) is 7.15. The summed E-state index contributed by atoms with van der Waals surface area (Å²) in [7, 11) is 0. The second-order valence-corrected chi connectivity index (χ2v) is 4.71. The molecule has 0 fully saturated rings. The number of carbonyl (C=O) groups is 1. The summed E-state index contributed by atoms with van der Waals surface area (Å²) in [4.78, 5) is 10.7. The molecule has 5 heteroatoms. The summed E-state index contributed by atoms with van der Waals surface area (Å²) in [5, 5.41) is 8.80. The van der Waals surface area contributed by atoms with Gasteiger partial charge < -0.3 is 15.6 Å². The molecule has 110 valence electrons. The monoisotopic (exact) mass is 289 g/mol. The predicted octanol–water partition coefficient (Wildman–Crippen LogP) is 2.36. The Kier molecular flexibility index (Phi) is 4.90. The average molecular weight is 289 g/mol. The second-order valence-electron chi connectivity index (χ2n) is 4.71. The van der Waals surface area contributed by atoms with Crippen LogP contribution in [0, 0.1) is 5.82 Å². The molecule has 0 saturated heterocycles. The van der Waals surface area contributed by atoms with E-state index in [1.807, 2.05) is 0 Å². The van der Waals surface area contributed by atoms with Crippen LogP contribution in [0.5, 0.6) is 5.75 Å². The van der Waals surface area contributed by atoms with E-state index in [0.29, 0.717) is 12.4 Å². The zero-order valence-electron chi connectivity index (χ0n) is 11.3. The summed E-state index contributed by atoms with van der Waals surface area (Å²) in [6.45, 7) is 0.314. The zero-order chi connectivity index (χ0) is 15.2. The Balaban J connectivity index is 1.97. The minimum Gasteiger partial charge on any atom is -0.489 e. The lowest BCUT2D eigenvalue weighted by atomic mass is 10.1. The molecule has 0 aliphatic heterocycles. The molecule has 2 aromatic rings. The Hall–Kier alpha value is -2.40. The summed E-state index contributed by atoms with van der Waals surface area (Å²) in [6, 6.07) is 12.2. The van der Waals surface area contributed by atoms with Gasteiger partial charge in [-0.15, -0.1) is 0 Å². The molecule has 0 bridgehead atoms. The standard InChI is InChI=1S/C16H16FNO3/c17-13-6-4-11(5-7-13)10-21-14-3-1-2-12(8-14)9-15(18)16(19)20/h1-8,15H,9-10,18H2,(H,19,20). The highest BCUT2D eigenvalue weighted by atomic mass is 19.1. The Morgan fingerprint density at radius 1 is 1.19 bits per heavy atom. The number of nitrogens with two attached hydrogens (primary N) is 1. The molecule has 1 atom stereocenters. The van der Waals surface area contributed by atoms with Gasteiger partial charge in [-0.1, -0.05) is 24.3 Å². The maximum atomic E-state index is 12.8. The molecule has 0 aliphatic carbocycles. The fourth-order valence-electron chi connectivity index (χ4n) is 1.85. The first-order chi connectivity index (χ1) is 10.0. The van der Waals surface area contributed by atoms with Gasteiger partial charge in [-0.05, 0) is 41.8 Å². The molecule has 0 saturated carbocycles. The summed E-state index contributed by atoms with van der Waals surface area (Å²) in [6.07, 6.45) is 0.239. The minimum atomic E-state index is -1.03. The van der Waals surface area contributed by atoms with E-state index in [-0.39, 0.29) is 12.2 Å². The number of hydrogen-bond donors (Lipinski definition) is 2. The van der Waals surface area contributed by atoms with Gasteiger partial charge in [-0.3, -0.25) is 4.79 Å². The molecule has 0 spiro atoms. The fraction of sp³-hybridized carbons (Fsp3) is 0.188. The highest BCUT2D eigenvalue weighted by Crippen LogP contribution is 2.16. The second kappa shape index (κ2) is 6.85. The molecule has 0 aromatic heterocycles. The van der Waals surface area contributed by atoms with Gasteiger partial charge in [0.15, 0.2) is 0 Å². The number of carboxylic acids is 1. The largest absolute Gasteiger partial charge is 0.489 e. The van der Waals surface area contributed by atoms with Crippen molar-refractivity contribution >= 4 is 5.97 Å². The van der Waals surface area contributed by atoms with Crippen molar-refractivity contribution in [3.8, 4) is 5.75 Å². The number of hydrogen-bond acceptors (Lipinski definition) is 3. The van der Waals surface area contributed by atoms with E-state index in [0.717, 1.165) is 11.1 Å². The summed E-state index contributed by atoms with van der Waals surface area (Å²) < 4.78 is 18.4. The van der Waals surface area contributed by atoms with Crippen LogP contribution in [0.4, 0.5) is 4.39 Å². The quantitative estimate of drug-likeness (QED) is 0.856. The van der Waals surface area contributed by atoms with E-state index in [4.69, 9.17) is 15.6 Å². The lowest BCUT2D eigenvalue weighted by molar-refractivity contribution is -0.138. The molecule has 4 nitrogen and oxygen atoms in total. The number of carboxylic acid groups (broad SMARTS) is 1. The maximum absolute atomic E-state index is 12.8. The van der Waals surface area contributed by atoms with E-state index in [2.05, 4.69) is 0 Å². The van der Waals surface area contributed by atoms with Crippen LogP contribution in [0.15, 0.2) is 48.5 Å². The van der Waals surface area contributed by atoms with Gasteiger partial charge in [0, 0.05) is 0 Å². The Bertz CT molecular complexity index is 613. The molecule has 0 amide bonds. The van der Waals surface area contributed by atoms with Crippen molar-refractivity contribution < 1.29 is 19.0 Å². The highest BCUT2D eigenvalue weighted by Gasteiger charge is 2.12. The molecule has 0 aliphatic rings. The van der Waals surface area contributed by atoms with Crippen LogP contribution in [0.25, 0.3) is 0 Å². The average Bonchev–Trinajstić information content (AvgIpc) is 2.47. The molecule has 2 aromatic carbocycles. The summed E-state index contributed by atoms with van der Waals surface area (Å²) in [5.74, 6) is -0.703. The Morgan fingerprint density at radius 3 is 2.57 bits per heavy atom. The third-order valence-electron chi connectivity index (χ3n) is 2.99. The molecule has 0 radical (unpaired) electrons. The van der Waals surface area contributed by atoms with Crippen LogP contribution in [0.3, 0.4) is 0 Å². The molecule has 21 heavy (non-hydrogen) atoms. The van der Waals surface area contributed by atoms with Crippen LogP contribution < -0.4 is 10.5 Å². The Morgan fingerprint density at radius 2 is 1.90 bits per heavy atom. The van der Waals surface area contributed by atoms with Crippen molar-refractivity contribution in [2.24, 2.45) is 5.73 Å². The number of ether oxygens (including phenoxy) is 1. The molecular formula is C16H16FNO3. The minimum absolute atomic E-state index is 0.239. The number of aliphatic carboxylic acids is 1. The lowest BCUT2D eigenvalue weighted by Crippen LogP contribution is -2.32. The van der Waals surface area contributed by atoms with Crippen LogP contribution >= 0.6 is 0 Å². The van der Waals surface area contributed by atoms with E-state index in [9.17, 15) is 9.18 Å². The summed E-state index contributed by atoms with van der Waals surface area (Å²) >= 11 is 0. The number of benzene rings is 2. The van der Waals surface area contributed by atoms with Crippen molar-refractivity contribution in [1.82, 2.24) is 0 Å². The van der Waals surface area contributed by atoms with Gasteiger partial charge >= 0.3 is 5.97 Å². The highest BCUT2D eigenvalue weighted by molar-refractivity contribution is 5.73. The van der Waals surface area contributed by atoms with Gasteiger partial charge in [0.2, 0.25) is 0 Å². The normalized spacial score (nSPS) is 11.9. The van der Waals surface area contributed by atoms with Crippen LogP contribution in [0.2, 0.25) is 0 Å². The van der Waals surface area contributed by atoms with Crippen molar-refractivity contribution in [2.45, 2.75) is 19.1 Å². The van der Waals surface area contributed by atoms with E-state index in [1.165, 1.54) is 12.1 Å². The lowest BCUT2D eigenvalue weighted by Gasteiger charge is -2.10. The van der Waals surface area contributed by atoms with Crippen LogP contribution in [0.1, 0.15) is 11.1 Å². The van der Waals surface area contributed by atoms with Gasteiger partial charge in [0.05, 0.1) is 0 Å². The molecule has 0 heterocycles. The van der Waals surface area contributed by atoms with Gasteiger partial charge in [0.25, 0.3) is 0 Å². The van der Waals surface area contributed by atoms with E-state index < -0.39 is 12.0 Å². The van der Waals surface area contributed by atoms with Crippen molar-refractivity contribution in [3.05, 3.63) is 65.5 Å². The topological polar surface area (TPSA) is 72.5 Å². The Labute approximate surface area is 122 Å². The first-order valence-electron chi connectivity index (χ1n) is 6.49. The fourth-order valence-corrected chi connectivity index (χ4v) is 1.85. The zero-order valence-corrected chi connectivity index (χ0v) is 11.3. The van der Waals surface area contributed by atoms with Crippen molar-refractivity contribution in [3.63, 3.8) is 0 Å². The van der Waals surface area contributed by atoms with E-state index >= 15 is 0 Å². The number of rotatable bonds is 6. The van der Waals surface area contributed by atoms with Crippen LogP contribution in [-0.2, 0) is 17.8 Å². The first-order valence-corrected chi connectivity index (χ1v) is 6.49. The molecule has 1 unspecified atom stereocenters. The van der Waals surface area contributed by atoms with Crippen LogP contribution in [-0.4, -0.2) is 17.1 Å². The van der Waals surface area contributed by atoms with Gasteiger partial charge in [0.1, 0.15) is 24.2 Å². The third kappa shape index (κ3) is 4.57. The molecular weight excluding hydrogens is 273 g/mol. The van der Waals surface area contributed by atoms with Gasteiger partial charge in [-0.2, -0.15) is 0 Å². The SMILES string of the molecule is NC(Cc1cccc(OCc2ccc(F)cc2)c1)C(=O)O. The van der Waals surface area contributed by atoms with Gasteiger partial charge in [-0.25, -0.2) is 4.39 Å². The predicted molar refractivity (Wildman–Crippen MR) is 76.5 cm³/mol. The molecule has 2 rings (SSSR count). The first kappa shape index (κ1) is 15.0. The maximum Gasteiger partial charge on any atom is 0.320 e. The van der Waals surface area contributed by atoms with Crippen molar-refractivity contribution in [1.29, 1.82) is 0 Å². The van der Waals surface area contributed by atoms with E-state index in [1.54, 1.807) is 36.4 Å². The smallest absolute Gasteiger partial charge is 0.320 e. The van der Waals surface area contributed by atoms with Crippen molar-refractivity contribution in [2.75, 3.05) is 0 Å². The number of halogens is 1.